The maximum Gasteiger partial charge on any atom is 0.250 e. The Labute approximate surface area is 116 Å². The normalized spacial score (nSPS) is 10.7. The molecule has 3 heteroatoms. The van der Waals surface area contributed by atoms with Crippen LogP contribution in [0.15, 0.2) is 64.2 Å². The Balaban J connectivity index is 2.02. The van der Waals surface area contributed by atoms with E-state index in [2.05, 4.69) is 5.32 Å². The maximum absolute atomic E-state index is 11.8. The Morgan fingerprint density at radius 2 is 1.60 bits per heavy atom. The molecule has 0 saturated heterocycles. The standard InChI is InChI=1S/C17H13NO2/c1-11-6-5-9-13(10-11)18-15-14(16(19)17(15)20)12-7-3-2-4-8-12/h2-10,18H,1H3. The molecule has 98 valence electrons. The molecule has 0 spiro atoms. The van der Waals surface area contributed by atoms with Gasteiger partial charge in [0.25, 0.3) is 5.43 Å². The molecule has 0 aliphatic rings. The van der Waals surface area contributed by atoms with Crippen LogP contribution in [0.25, 0.3) is 11.1 Å². The first kappa shape index (κ1) is 12.4. The zero-order chi connectivity index (χ0) is 14.1. The summed E-state index contributed by atoms with van der Waals surface area (Å²) >= 11 is 0. The molecule has 3 nitrogen and oxygen atoms in total. The summed E-state index contributed by atoms with van der Waals surface area (Å²) in [6.07, 6.45) is 0. The van der Waals surface area contributed by atoms with Crippen LogP contribution in [0.1, 0.15) is 5.56 Å². The Hall–Kier alpha value is -2.68. The van der Waals surface area contributed by atoms with E-state index in [0.29, 0.717) is 11.3 Å². The zero-order valence-electron chi connectivity index (χ0n) is 11.0. The molecule has 0 saturated carbocycles. The van der Waals surface area contributed by atoms with Gasteiger partial charge in [-0.25, -0.2) is 0 Å². The zero-order valence-corrected chi connectivity index (χ0v) is 11.0. The predicted octanol–water partition coefficient (Wildman–Crippen LogP) is 3.00. The first-order valence-electron chi connectivity index (χ1n) is 6.39. The van der Waals surface area contributed by atoms with Gasteiger partial charge < -0.3 is 5.32 Å². The molecule has 0 atom stereocenters. The van der Waals surface area contributed by atoms with Gasteiger partial charge in [-0.3, -0.25) is 9.59 Å². The fraction of sp³-hybridized carbons (Fsp3) is 0.0588. The molecule has 0 aliphatic heterocycles. The number of aryl methyl sites for hydroxylation is 1. The van der Waals surface area contributed by atoms with Gasteiger partial charge in [-0.2, -0.15) is 0 Å². The smallest absolute Gasteiger partial charge is 0.250 e. The SMILES string of the molecule is Cc1cccc(Nc2c(-c3ccccc3)c(=O)c2=O)c1. The minimum absolute atomic E-state index is 0.381. The molecule has 1 N–H and O–H groups in total. The lowest BCUT2D eigenvalue weighted by Gasteiger charge is -2.13. The highest BCUT2D eigenvalue weighted by molar-refractivity contribution is 5.84. The van der Waals surface area contributed by atoms with Crippen LogP contribution in [0.4, 0.5) is 11.4 Å². The van der Waals surface area contributed by atoms with Crippen LogP contribution in [0, 0.1) is 6.92 Å². The molecular formula is C17H13NO2. The van der Waals surface area contributed by atoms with Gasteiger partial charge in [0, 0.05) is 5.69 Å². The third kappa shape index (κ3) is 2.03. The van der Waals surface area contributed by atoms with Gasteiger partial charge in [-0.15, -0.1) is 0 Å². The van der Waals surface area contributed by atoms with Gasteiger partial charge in [0.15, 0.2) is 0 Å². The molecule has 0 fully saturated rings. The van der Waals surface area contributed by atoms with Gasteiger partial charge in [0.2, 0.25) is 5.43 Å². The predicted molar refractivity (Wildman–Crippen MR) is 81.3 cm³/mol. The molecule has 3 aromatic rings. The monoisotopic (exact) mass is 263 g/mol. The molecular weight excluding hydrogens is 250 g/mol. The highest BCUT2D eigenvalue weighted by atomic mass is 16.2. The average Bonchev–Trinajstić information content (AvgIpc) is 2.47. The average molecular weight is 263 g/mol. The van der Waals surface area contributed by atoms with E-state index in [1.807, 2.05) is 61.5 Å². The van der Waals surface area contributed by atoms with Gasteiger partial charge in [-0.05, 0) is 30.2 Å². The maximum atomic E-state index is 11.8. The Morgan fingerprint density at radius 3 is 2.30 bits per heavy atom. The van der Waals surface area contributed by atoms with Crippen molar-refractivity contribution in [3.8, 4) is 11.1 Å². The van der Waals surface area contributed by atoms with Crippen LogP contribution in [-0.2, 0) is 0 Å². The summed E-state index contributed by atoms with van der Waals surface area (Å²) in [5.41, 5.74) is 2.65. The molecule has 0 aliphatic carbocycles. The lowest BCUT2D eigenvalue weighted by atomic mass is 9.98. The number of hydrogen-bond donors (Lipinski definition) is 1. The largest absolute Gasteiger partial charge is 0.352 e. The number of hydrogen-bond acceptors (Lipinski definition) is 3. The van der Waals surface area contributed by atoms with Crippen molar-refractivity contribution < 1.29 is 0 Å². The van der Waals surface area contributed by atoms with Crippen LogP contribution < -0.4 is 16.2 Å². The van der Waals surface area contributed by atoms with Gasteiger partial charge in [0.1, 0.15) is 5.69 Å². The van der Waals surface area contributed by atoms with Crippen molar-refractivity contribution in [2.45, 2.75) is 6.92 Å². The summed E-state index contributed by atoms with van der Waals surface area (Å²) in [7, 11) is 0. The van der Waals surface area contributed by atoms with Crippen LogP contribution in [0.2, 0.25) is 0 Å². The number of anilines is 2. The fourth-order valence-corrected chi connectivity index (χ4v) is 2.26. The highest BCUT2D eigenvalue weighted by Crippen LogP contribution is 2.26. The summed E-state index contributed by atoms with van der Waals surface area (Å²) < 4.78 is 0. The van der Waals surface area contributed by atoms with Crippen molar-refractivity contribution in [3.05, 3.63) is 80.6 Å². The van der Waals surface area contributed by atoms with E-state index in [0.717, 1.165) is 16.8 Å². The number of rotatable bonds is 3. The van der Waals surface area contributed by atoms with Crippen LogP contribution in [0.3, 0.4) is 0 Å². The minimum Gasteiger partial charge on any atom is -0.352 e. The van der Waals surface area contributed by atoms with E-state index in [1.54, 1.807) is 0 Å². The van der Waals surface area contributed by atoms with Gasteiger partial charge in [0.05, 0.1) is 5.56 Å². The van der Waals surface area contributed by atoms with Crippen molar-refractivity contribution in [1.82, 2.24) is 0 Å². The lowest BCUT2D eigenvalue weighted by Crippen LogP contribution is -2.35. The fourth-order valence-electron chi connectivity index (χ4n) is 2.26. The third-order valence-electron chi connectivity index (χ3n) is 3.26. The molecule has 3 rings (SSSR count). The van der Waals surface area contributed by atoms with Crippen molar-refractivity contribution in [2.75, 3.05) is 5.32 Å². The van der Waals surface area contributed by atoms with Crippen LogP contribution >= 0.6 is 0 Å². The topological polar surface area (TPSA) is 46.2 Å². The molecule has 0 bridgehead atoms. The molecule has 20 heavy (non-hydrogen) atoms. The quantitative estimate of drug-likeness (QED) is 0.739. The summed E-state index contributed by atoms with van der Waals surface area (Å²) in [6, 6.07) is 16.9. The molecule has 0 heterocycles. The molecule has 3 aromatic carbocycles. The van der Waals surface area contributed by atoms with Crippen molar-refractivity contribution in [3.63, 3.8) is 0 Å². The Morgan fingerprint density at radius 1 is 0.850 bits per heavy atom. The van der Waals surface area contributed by atoms with Crippen LogP contribution in [0.5, 0.6) is 0 Å². The highest BCUT2D eigenvalue weighted by Gasteiger charge is 2.21. The summed E-state index contributed by atoms with van der Waals surface area (Å²) in [5, 5.41) is 3.06. The first-order chi connectivity index (χ1) is 9.66. The summed E-state index contributed by atoms with van der Waals surface area (Å²) in [4.78, 5) is 23.5. The van der Waals surface area contributed by atoms with E-state index in [-0.39, 0.29) is 0 Å². The van der Waals surface area contributed by atoms with E-state index >= 15 is 0 Å². The Kier molecular flexibility index (Phi) is 2.95. The van der Waals surface area contributed by atoms with Crippen LogP contribution in [-0.4, -0.2) is 0 Å². The van der Waals surface area contributed by atoms with Gasteiger partial charge in [-0.1, -0.05) is 42.5 Å². The van der Waals surface area contributed by atoms with Crippen molar-refractivity contribution >= 4 is 11.4 Å². The third-order valence-corrected chi connectivity index (χ3v) is 3.26. The second-order valence-corrected chi connectivity index (χ2v) is 4.77. The van der Waals surface area contributed by atoms with E-state index in [1.165, 1.54) is 0 Å². The molecule has 0 radical (unpaired) electrons. The summed E-state index contributed by atoms with van der Waals surface area (Å²) in [6.45, 7) is 1.98. The molecule has 0 unspecified atom stereocenters. The summed E-state index contributed by atoms with van der Waals surface area (Å²) in [5.74, 6) is 0. The first-order valence-corrected chi connectivity index (χ1v) is 6.39. The van der Waals surface area contributed by atoms with Gasteiger partial charge >= 0.3 is 0 Å². The molecule has 0 aromatic heterocycles. The van der Waals surface area contributed by atoms with Crippen molar-refractivity contribution in [2.24, 2.45) is 0 Å². The Bertz CT molecular complexity index is 828. The van der Waals surface area contributed by atoms with E-state index in [4.69, 9.17) is 0 Å². The second kappa shape index (κ2) is 4.78. The minimum atomic E-state index is -0.453. The number of benzene rings is 2. The lowest BCUT2D eigenvalue weighted by molar-refractivity contribution is 1.37. The second-order valence-electron chi connectivity index (χ2n) is 4.77. The number of nitrogens with one attached hydrogen (secondary N) is 1. The van der Waals surface area contributed by atoms with E-state index in [9.17, 15) is 9.59 Å². The van der Waals surface area contributed by atoms with Crippen molar-refractivity contribution in [1.29, 1.82) is 0 Å². The van der Waals surface area contributed by atoms with E-state index < -0.39 is 10.9 Å². The molecule has 0 amide bonds.